The van der Waals surface area contributed by atoms with Crippen LogP contribution in [0.25, 0.3) is 0 Å². The van der Waals surface area contributed by atoms with E-state index in [0.29, 0.717) is 6.04 Å². The number of hydrogen-bond acceptors (Lipinski definition) is 4. The van der Waals surface area contributed by atoms with E-state index >= 15 is 0 Å². The maximum absolute atomic E-state index is 4.64. The van der Waals surface area contributed by atoms with Crippen LogP contribution in [-0.4, -0.2) is 29.1 Å². The van der Waals surface area contributed by atoms with Gasteiger partial charge in [-0.25, -0.2) is 9.97 Å². The number of aryl methyl sites for hydroxylation is 1. The van der Waals surface area contributed by atoms with Crippen molar-refractivity contribution in [3.8, 4) is 0 Å². The fraction of sp³-hybridized carbons (Fsp3) is 0.692. The molecule has 1 aliphatic rings. The summed E-state index contributed by atoms with van der Waals surface area (Å²) in [5.41, 5.74) is 2.15. The van der Waals surface area contributed by atoms with Gasteiger partial charge in [-0.2, -0.15) is 0 Å². The van der Waals surface area contributed by atoms with Crippen LogP contribution < -0.4 is 10.2 Å². The molecule has 0 unspecified atom stereocenters. The normalized spacial score (nSPS) is 15.9. The van der Waals surface area contributed by atoms with E-state index in [4.69, 9.17) is 0 Å². The lowest BCUT2D eigenvalue weighted by Gasteiger charge is -2.17. The van der Waals surface area contributed by atoms with Gasteiger partial charge in [0.2, 0.25) is 5.95 Å². The van der Waals surface area contributed by atoms with Gasteiger partial charge < -0.3 is 10.2 Å². The Bertz CT molecular complexity index is 370. The van der Waals surface area contributed by atoms with Crippen molar-refractivity contribution in [1.82, 2.24) is 15.3 Å². The fourth-order valence-corrected chi connectivity index (χ4v) is 2.07. The van der Waals surface area contributed by atoms with Crippen LogP contribution in [0.4, 0.5) is 5.95 Å². The molecule has 0 radical (unpaired) electrons. The van der Waals surface area contributed by atoms with Crippen molar-refractivity contribution >= 4 is 5.95 Å². The number of nitrogens with zero attached hydrogens (tertiary/aromatic N) is 3. The van der Waals surface area contributed by atoms with E-state index < -0.39 is 0 Å². The van der Waals surface area contributed by atoms with Crippen molar-refractivity contribution in [3.63, 3.8) is 0 Å². The molecule has 0 aliphatic carbocycles. The monoisotopic (exact) mass is 234 g/mol. The predicted molar refractivity (Wildman–Crippen MR) is 70.2 cm³/mol. The molecule has 1 N–H and O–H groups in total. The zero-order chi connectivity index (χ0) is 12.3. The standard InChI is InChI=1S/C13H22N4/c1-10(2)14-9-12-8-11(3)15-13(16-12)17-6-4-5-7-17/h8,10,14H,4-7,9H2,1-3H3. The number of hydrogen-bond donors (Lipinski definition) is 1. The lowest BCUT2D eigenvalue weighted by atomic mass is 10.3. The molecule has 0 spiro atoms. The Morgan fingerprint density at radius 1 is 1.29 bits per heavy atom. The van der Waals surface area contributed by atoms with Crippen molar-refractivity contribution in [2.24, 2.45) is 0 Å². The molecule has 0 bridgehead atoms. The summed E-state index contributed by atoms with van der Waals surface area (Å²) in [6, 6.07) is 2.55. The van der Waals surface area contributed by atoms with Crippen molar-refractivity contribution in [2.75, 3.05) is 18.0 Å². The molecule has 1 aromatic rings. The average Bonchev–Trinajstić information content (AvgIpc) is 2.79. The number of rotatable bonds is 4. The molecule has 2 rings (SSSR count). The molecule has 0 aromatic carbocycles. The summed E-state index contributed by atoms with van der Waals surface area (Å²) < 4.78 is 0. The zero-order valence-electron chi connectivity index (χ0n) is 11.0. The molecule has 0 atom stereocenters. The minimum absolute atomic E-state index is 0.487. The number of aromatic nitrogens is 2. The smallest absolute Gasteiger partial charge is 0.225 e. The molecule has 2 heterocycles. The Labute approximate surface area is 103 Å². The van der Waals surface area contributed by atoms with E-state index in [1.54, 1.807) is 0 Å². The first kappa shape index (κ1) is 12.3. The van der Waals surface area contributed by atoms with E-state index in [2.05, 4.69) is 40.1 Å². The topological polar surface area (TPSA) is 41.1 Å². The Hall–Kier alpha value is -1.16. The molecule has 1 aliphatic heterocycles. The van der Waals surface area contributed by atoms with Crippen LogP contribution in [0.3, 0.4) is 0 Å². The third-order valence-corrected chi connectivity index (χ3v) is 2.98. The Balaban J connectivity index is 2.11. The molecule has 4 heteroatoms. The summed E-state index contributed by atoms with van der Waals surface area (Å²) in [6.45, 7) is 9.36. The van der Waals surface area contributed by atoms with Crippen LogP contribution in [0, 0.1) is 6.92 Å². The van der Waals surface area contributed by atoms with Crippen molar-refractivity contribution in [2.45, 2.75) is 46.2 Å². The minimum atomic E-state index is 0.487. The summed E-state index contributed by atoms with van der Waals surface area (Å²) in [5, 5.41) is 3.40. The van der Waals surface area contributed by atoms with Crippen LogP contribution in [-0.2, 0) is 6.54 Å². The van der Waals surface area contributed by atoms with E-state index in [-0.39, 0.29) is 0 Å². The van der Waals surface area contributed by atoms with Gasteiger partial charge in [-0.1, -0.05) is 13.8 Å². The summed E-state index contributed by atoms with van der Waals surface area (Å²) >= 11 is 0. The Morgan fingerprint density at radius 2 is 2.00 bits per heavy atom. The molecule has 1 fully saturated rings. The van der Waals surface area contributed by atoms with Gasteiger partial charge in [0.1, 0.15) is 0 Å². The van der Waals surface area contributed by atoms with Crippen LogP contribution in [0.2, 0.25) is 0 Å². The molecule has 4 nitrogen and oxygen atoms in total. The largest absolute Gasteiger partial charge is 0.341 e. The molecule has 1 aromatic heterocycles. The highest BCUT2D eigenvalue weighted by Gasteiger charge is 2.15. The van der Waals surface area contributed by atoms with Crippen LogP contribution in [0.1, 0.15) is 38.1 Å². The maximum atomic E-state index is 4.64. The SMILES string of the molecule is Cc1cc(CNC(C)C)nc(N2CCCC2)n1. The summed E-state index contributed by atoms with van der Waals surface area (Å²) in [7, 11) is 0. The lowest BCUT2D eigenvalue weighted by Crippen LogP contribution is -2.25. The van der Waals surface area contributed by atoms with Gasteiger partial charge in [0.25, 0.3) is 0 Å². The average molecular weight is 234 g/mol. The maximum Gasteiger partial charge on any atom is 0.225 e. The van der Waals surface area contributed by atoms with Gasteiger partial charge in [-0.15, -0.1) is 0 Å². The Morgan fingerprint density at radius 3 is 2.65 bits per heavy atom. The van der Waals surface area contributed by atoms with Gasteiger partial charge in [0, 0.05) is 31.4 Å². The third kappa shape index (κ3) is 3.40. The van der Waals surface area contributed by atoms with Gasteiger partial charge in [0.15, 0.2) is 0 Å². The van der Waals surface area contributed by atoms with E-state index in [0.717, 1.165) is 37.0 Å². The van der Waals surface area contributed by atoms with Crippen molar-refractivity contribution in [3.05, 3.63) is 17.5 Å². The molecular weight excluding hydrogens is 212 g/mol. The first-order valence-electron chi connectivity index (χ1n) is 6.48. The fourth-order valence-electron chi connectivity index (χ4n) is 2.07. The molecule has 1 saturated heterocycles. The van der Waals surface area contributed by atoms with Gasteiger partial charge in [0.05, 0.1) is 5.69 Å². The van der Waals surface area contributed by atoms with Crippen LogP contribution in [0.5, 0.6) is 0 Å². The first-order chi connectivity index (χ1) is 8.15. The zero-order valence-corrected chi connectivity index (χ0v) is 11.0. The highest BCUT2D eigenvalue weighted by atomic mass is 15.3. The quantitative estimate of drug-likeness (QED) is 0.863. The van der Waals surface area contributed by atoms with Gasteiger partial charge >= 0.3 is 0 Å². The second-order valence-corrected chi connectivity index (χ2v) is 5.03. The molecular formula is C13H22N4. The summed E-state index contributed by atoms with van der Waals surface area (Å²) in [5.74, 6) is 0.906. The first-order valence-corrected chi connectivity index (χ1v) is 6.48. The summed E-state index contributed by atoms with van der Waals surface area (Å²) in [4.78, 5) is 11.5. The van der Waals surface area contributed by atoms with Crippen LogP contribution in [0.15, 0.2) is 6.07 Å². The second-order valence-electron chi connectivity index (χ2n) is 5.03. The Kier molecular flexibility index (Phi) is 3.94. The highest BCUT2D eigenvalue weighted by Crippen LogP contribution is 2.16. The molecule has 0 amide bonds. The minimum Gasteiger partial charge on any atom is -0.341 e. The third-order valence-electron chi connectivity index (χ3n) is 2.98. The van der Waals surface area contributed by atoms with E-state index in [1.807, 2.05) is 6.92 Å². The van der Waals surface area contributed by atoms with Crippen LogP contribution >= 0.6 is 0 Å². The predicted octanol–water partition coefficient (Wildman–Crippen LogP) is 1.88. The van der Waals surface area contributed by atoms with E-state index in [9.17, 15) is 0 Å². The van der Waals surface area contributed by atoms with Gasteiger partial charge in [-0.05, 0) is 25.8 Å². The van der Waals surface area contributed by atoms with Crippen molar-refractivity contribution in [1.29, 1.82) is 0 Å². The van der Waals surface area contributed by atoms with Gasteiger partial charge in [-0.3, -0.25) is 0 Å². The number of nitrogens with one attached hydrogen (secondary N) is 1. The van der Waals surface area contributed by atoms with E-state index in [1.165, 1.54) is 12.8 Å². The summed E-state index contributed by atoms with van der Waals surface area (Å²) in [6.07, 6.45) is 2.52. The van der Waals surface area contributed by atoms with Crippen molar-refractivity contribution < 1.29 is 0 Å². The molecule has 17 heavy (non-hydrogen) atoms. The lowest BCUT2D eigenvalue weighted by molar-refractivity contribution is 0.580. The molecule has 0 saturated carbocycles. The molecule has 94 valence electrons. The highest BCUT2D eigenvalue weighted by molar-refractivity contribution is 5.33. The second kappa shape index (κ2) is 5.45. The number of anilines is 1.